The summed E-state index contributed by atoms with van der Waals surface area (Å²) in [5.74, 6) is 0. The molecule has 0 fully saturated rings. The van der Waals surface area contributed by atoms with Gasteiger partial charge in [0.1, 0.15) is 9.22 Å². The predicted octanol–water partition coefficient (Wildman–Crippen LogP) is 1.70. The fraction of sp³-hybridized carbons (Fsp3) is 0.375. The smallest absolute Gasteiger partial charge is 0.186 e. The maximum Gasteiger partial charge on any atom is 0.186 e. The lowest BCUT2D eigenvalue weighted by Crippen LogP contribution is -1.91. The lowest BCUT2D eigenvalue weighted by molar-refractivity contribution is 0.184. The molecule has 10 heteroatoms. The summed E-state index contributed by atoms with van der Waals surface area (Å²) in [4.78, 5) is 4.04. The van der Waals surface area contributed by atoms with Crippen LogP contribution < -0.4 is 0 Å². The van der Waals surface area contributed by atoms with E-state index in [1.807, 2.05) is 0 Å². The van der Waals surface area contributed by atoms with Crippen molar-refractivity contribution < 1.29 is 13.2 Å². The van der Waals surface area contributed by atoms with E-state index < -0.39 is 9.84 Å². The van der Waals surface area contributed by atoms with Crippen LogP contribution in [0, 0.1) is 0 Å². The molecule has 0 aliphatic rings. The van der Waals surface area contributed by atoms with Crippen LogP contribution in [-0.4, -0.2) is 37.0 Å². The number of rotatable bonds is 5. The molecule has 98 valence electrons. The molecule has 2 rings (SSSR count). The minimum atomic E-state index is -3.19. The topological polar surface area (TPSA) is 82.0 Å². The minimum absolute atomic E-state index is 0.256. The number of aromatic nitrogens is 3. The second-order valence-corrected chi connectivity index (χ2v) is 9.04. The van der Waals surface area contributed by atoms with Gasteiger partial charge in [0, 0.05) is 13.4 Å². The van der Waals surface area contributed by atoms with Crippen molar-refractivity contribution in [3.8, 4) is 0 Å². The van der Waals surface area contributed by atoms with Crippen molar-refractivity contribution in [2.24, 2.45) is 0 Å². The lowest BCUT2D eigenvalue weighted by atomic mass is 10.8. The Labute approximate surface area is 116 Å². The normalized spacial score (nSPS) is 11.9. The maximum atomic E-state index is 11.3. The Balaban J connectivity index is 2.11. The molecule has 0 aliphatic carbocycles. The number of hydrogen-bond acceptors (Lipinski definition) is 9. The van der Waals surface area contributed by atoms with E-state index in [0.29, 0.717) is 10.9 Å². The van der Waals surface area contributed by atoms with Crippen LogP contribution in [0.25, 0.3) is 0 Å². The van der Waals surface area contributed by atoms with Gasteiger partial charge in [-0.3, -0.25) is 0 Å². The van der Waals surface area contributed by atoms with Gasteiger partial charge in [-0.05, 0) is 11.8 Å². The molecule has 2 aromatic rings. The number of sulfone groups is 1. The minimum Gasteiger partial charge on any atom is -0.377 e. The summed E-state index contributed by atoms with van der Waals surface area (Å²) < 4.78 is 29.2. The Hall–Kier alpha value is -0.550. The summed E-state index contributed by atoms with van der Waals surface area (Å²) in [6.45, 7) is 0.421. The lowest BCUT2D eigenvalue weighted by Gasteiger charge is -1.89. The number of nitrogens with zero attached hydrogens (tertiary/aromatic N) is 3. The van der Waals surface area contributed by atoms with E-state index >= 15 is 0 Å². The molecule has 18 heavy (non-hydrogen) atoms. The largest absolute Gasteiger partial charge is 0.377 e. The van der Waals surface area contributed by atoms with Gasteiger partial charge < -0.3 is 4.74 Å². The van der Waals surface area contributed by atoms with Crippen LogP contribution in [0.1, 0.15) is 5.01 Å². The molecule has 0 saturated carbocycles. The second kappa shape index (κ2) is 5.61. The molecule has 0 saturated heterocycles. The van der Waals surface area contributed by atoms with E-state index in [-0.39, 0.29) is 4.21 Å². The Bertz CT molecular complexity index is 634. The van der Waals surface area contributed by atoms with Gasteiger partial charge >= 0.3 is 0 Å². The van der Waals surface area contributed by atoms with Crippen LogP contribution in [0.15, 0.2) is 19.1 Å². The Morgan fingerprint density at radius 1 is 1.33 bits per heavy atom. The van der Waals surface area contributed by atoms with Gasteiger partial charge in [-0.2, -0.15) is 0 Å². The third-order valence-electron chi connectivity index (χ3n) is 1.72. The quantitative estimate of drug-likeness (QED) is 0.828. The van der Waals surface area contributed by atoms with Crippen LogP contribution in [0.2, 0.25) is 0 Å². The Morgan fingerprint density at radius 2 is 2.11 bits per heavy atom. The first kappa shape index (κ1) is 13.9. The molecule has 0 atom stereocenters. The molecule has 2 heterocycles. The Kier molecular flexibility index (Phi) is 4.33. The van der Waals surface area contributed by atoms with Gasteiger partial charge in [0.15, 0.2) is 18.5 Å². The zero-order chi connectivity index (χ0) is 13.2. The van der Waals surface area contributed by atoms with Crippen molar-refractivity contribution in [3.63, 3.8) is 0 Å². The Morgan fingerprint density at radius 3 is 2.72 bits per heavy atom. The highest BCUT2D eigenvalue weighted by Gasteiger charge is 2.14. The van der Waals surface area contributed by atoms with Crippen molar-refractivity contribution in [2.45, 2.75) is 19.5 Å². The van der Waals surface area contributed by atoms with E-state index in [1.54, 1.807) is 7.11 Å². The van der Waals surface area contributed by atoms with Gasteiger partial charge in [0.2, 0.25) is 0 Å². The zero-order valence-corrected chi connectivity index (χ0v) is 12.7. The average molecular weight is 323 g/mol. The summed E-state index contributed by atoms with van der Waals surface area (Å²) in [5, 5.41) is 8.69. The molecule has 0 spiro atoms. The fourth-order valence-corrected chi connectivity index (χ4v) is 5.03. The van der Waals surface area contributed by atoms with Gasteiger partial charge in [-0.25, -0.2) is 13.4 Å². The van der Waals surface area contributed by atoms with Crippen LogP contribution in [0.5, 0.6) is 0 Å². The monoisotopic (exact) mass is 323 g/mol. The van der Waals surface area contributed by atoms with E-state index in [2.05, 4.69) is 15.2 Å². The highest BCUT2D eigenvalue weighted by atomic mass is 32.2. The van der Waals surface area contributed by atoms with E-state index in [1.165, 1.54) is 29.3 Å². The second-order valence-electron chi connectivity index (χ2n) is 3.21. The standard InChI is InChI=1S/C8H9N3O3S4/c1-14-4-5-10-11-8(15-5)17-7-9-3-6(16-7)18(2,12)13/h3H,4H2,1-2H3. The molecular weight excluding hydrogens is 314 g/mol. The van der Waals surface area contributed by atoms with Crippen molar-refractivity contribution >= 4 is 44.3 Å². The van der Waals surface area contributed by atoms with Gasteiger partial charge in [0.05, 0.1) is 12.8 Å². The molecule has 0 N–H and O–H groups in total. The summed E-state index contributed by atoms with van der Waals surface area (Å²) in [7, 11) is -1.60. The summed E-state index contributed by atoms with van der Waals surface area (Å²) in [6.07, 6.45) is 2.52. The molecule has 0 bridgehead atoms. The maximum absolute atomic E-state index is 11.3. The highest BCUT2D eigenvalue weighted by molar-refractivity contribution is 8.03. The van der Waals surface area contributed by atoms with Crippen molar-refractivity contribution in [1.29, 1.82) is 0 Å². The molecule has 2 aromatic heterocycles. The van der Waals surface area contributed by atoms with Gasteiger partial charge in [0.25, 0.3) is 0 Å². The third kappa shape index (κ3) is 3.48. The van der Waals surface area contributed by atoms with E-state index in [4.69, 9.17) is 4.74 Å². The van der Waals surface area contributed by atoms with Gasteiger partial charge in [-0.1, -0.05) is 22.7 Å². The molecule has 0 aromatic carbocycles. The first-order valence-electron chi connectivity index (χ1n) is 4.64. The summed E-state index contributed by atoms with van der Waals surface area (Å²) in [6, 6.07) is 0. The van der Waals surface area contributed by atoms with Crippen LogP contribution in [-0.2, 0) is 21.2 Å². The molecular formula is C8H9N3O3S4. The molecule has 0 aliphatic heterocycles. The molecule has 0 unspecified atom stereocenters. The molecule has 0 amide bonds. The predicted molar refractivity (Wildman–Crippen MR) is 70.0 cm³/mol. The number of hydrogen-bond donors (Lipinski definition) is 0. The number of ether oxygens (including phenoxy) is 1. The van der Waals surface area contributed by atoms with Crippen LogP contribution >= 0.6 is 34.4 Å². The van der Waals surface area contributed by atoms with E-state index in [9.17, 15) is 8.42 Å². The molecule has 6 nitrogen and oxygen atoms in total. The first-order chi connectivity index (χ1) is 8.49. The van der Waals surface area contributed by atoms with Crippen molar-refractivity contribution in [2.75, 3.05) is 13.4 Å². The number of thiazole rings is 1. The fourth-order valence-electron chi connectivity index (χ4n) is 0.999. The highest BCUT2D eigenvalue weighted by Crippen LogP contribution is 2.34. The third-order valence-corrected chi connectivity index (χ3v) is 6.53. The van der Waals surface area contributed by atoms with Crippen LogP contribution in [0.4, 0.5) is 0 Å². The van der Waals surface area contributed by atoms with Crippen molar-refractivity contribution in [1.82, 2.24) is 15.2 Å². The first-order valence-corrected chi connectivity index (χ1v) is 8.98. The van der Waals surface area contributed by atoms with Crippen LogP contribution in [0.3, 0.4) is 0 Å². The summed E-state index contributed by atoms with van der Waals surface area (Å²) in [5.41, 5.74) is 0. The average Bonchev–Trinajstić information content (AvgIpc) is 2.88. The van der Waals surface area contributed by atoms with E-state index in [0.717, 1.165) is 26.9 Å². The molecule has 0 radical (unpaired) electrons. The number of methoxy groups -OCH3 is 1. The zero-order valence-electron chi connectivity index (χ0n) is 9.48. The van der Waals surface area contributed by atoms with Crippen molar-refractivity contribution in [3.05, 3.63) is 11.2 Å². The summed E-state index contributed by atoms with van der Waals surface area (Å²) >= 11 is 3.83. The van der Waals surface area contributed by atoms with Gasteiger partial charge in [-0.15, -0.1) is 10.2 Å². The SMILES string of the molecule is COCc1nnc(Sc2ncc(S(C)(=O)=O)s2)s1.